The Morgan fingerprint density at radius 2 is 1.61 bits per heavy atom. The van der Waals surface area contributed by atoms with E-state index in [1.54, 1.807) is 12.1 Å². The van der Waals surface area contributed by atoms with Crippen LogP contribution in [0.3, 0.4) is 0 Å². The van der Waals surface area contributed by atoms with Crippen molar-refractivity contribution in [1.29, 1.82) is 0 Å². The Morgan fingerprint density at radius 1 is 0.970 bits per heavy atom. The molecule has 0 unspecified atom stereocenters. The number of carbonyl (C=O) groups is 3. The fourth-order valence-electron chi connectivity index (χ4n) is 4.16. The van der Waals surface area contributed by atoms with Crippen molar-refractivity contribution in [3.05, 3.63) is 70.8 Å². The monoisotopic (exact) mass is 449 g/mol. The smallest absolute Gasteiger partial charge is 0.254 e. The average molecular weight is 450 g/mol. The van der Waals surface area contributed by atoms with E-state index in [0.717, 1.165) is 16.7 Å². The van der Waals surface area contributed by atoms with Gasteiger partial charge in [0, 0.05) is 30.8 Å². The van der Waals surface area contributed by atoms with Gasteiger partial charge in [-0.3, -0.25) is 14.4 Å². The molecule has 2 N–H and O–H groups in total. The second-order valence-electron chi connectivity index (χ2n) is 9.40. The van der Waals surface area contributed by atoms with Gasteiger partial charge in [0.05, 0.1) is 0 Å². The van der Waals surface area contributed by atoms with Gasteiger partial charge in [0.15, 0.2) is 0 Å². The first-order valence-corrected chi connectivity index (χ1v) is 11.8. The third-order valence-electron chi connectivity index (χ3n) is 6.24. The van der Waals surface area contributed by atoms with Gasteiger partial charge in [-0.05, 0) is 62.3 Å². The first kappa shape index (κ1) is 24.5. The van der Waals surface area contributed by atoms with Crippen molar-refractivity contribution in [2.45, 2.75) is 46.6 Å². The summed E-state index contributed by atoms with van der Waals surface area (Å²) in [6.07, 6.45) is 1.32. The van der Waals surface area contributed by atoms with Gasteiger partial charge in [-0.25, -0.2) is 0 Å². The van der Waals surface area contributed by atoms with Crippen LogP contribution < -0.4 is 10.6 Å². The molecule has 33 heavy (non-hydrogen) atoms. The Bertz CT molecular complexity index is 976. The molecule has 1 atom stereocenters. The van der Waals surface area contributed by atoms with Gasteiger partial charge in [-0.2, -0.15) is 0 Å². The zero-order chi connectivity index (χ0) is 24.0. The van der Waals surface area contributed by atoms with E-state index in [0.29, 0.717) is 44.0 Å². The average Bonchev–Trinajstić information content (AvgIpc) is 2.81. The summed E-state index contributed by atoms with van der Waals surface area (Å²) < 4.78 is 0. The molecule has 3 amide bonds. The summed E-state index contributed by atoms with van der Waals surface area (Å²) in [5.74, 6) is -0.106. The maximum Gasteiger partial charge on any atom is 0.254 e. The topological polar surface area (TPSA) is 78.5 Å². The quantitative estimate of drug-likeness (QED) is 0.676. The van der Waals surface area contributed by atoms with Crippen LogP contribution in [0.4, 0.5) is 0 Å². The first-order chi connectivity index (χ1) is 15.8. The zero-order valence-corrected chi connectivity index (χ0v) is 20.1. The summed E-state index contributed by atoms with van der Waals surface area (Å²) in [6.45, 7) is 9.66. The van der Waals surface area contributed by atoms with E-state index in [9.17, 15) is 14.4 Å². The number of rotatable bonds is 7. The molecule has 1 heterocycles. The van der Waals surface area contributed by atoms with E-state index in [2.05, 4.69) is 10.6 Å². The summed E-state index contributed by atoms with van der Waals surface area (Å²) in [7, 11) is 0. The number of hydrogen-bond acceptors (Lipinski definition) is 3. The second kappa shape index (κ2) is 11.1. The van der Waals surface area contributed by atoms with Gasteiger partial charge in [0.25, 0.3) is 11.8 Å². The second-order valence-corrected chi connectivity index (χ2v) is 9.40. The summed E-state index contributed by atoms with van der Waals surface area (Å²) in [5, 5.41) is 5.95. The summed E-state index contributed by atoms with van der Waals surface area (Å²) in [4.78, 5) is 40.8. The van der Waals surface area contributed by atoms with Crippen molar-refractivity contribution in [2.75, 3.05) is 19.6 Å². The summed E-state index contributed by atoms with van der Waals surface area (Å²) in [5.41, 5.74) is 3.29. The lowest BCUT2D eigenvalue weighted by atomic mass is 9.88. The molecule has 0 aromatic heterocycles. The van der Waals surface area contributed by atoms with Crippen molar-refractivity contribution in [1.82, 2.24) is 15.5 Å². The highest BCUT2D eigenvalue weighted by molar-refractivity contribution is 5.98. The lowest BCUT2D eigenvalue weighted by molar-refractivity contribution is -0.124. The highest BCUT2D eigenvalue weighted by Gasteiger charge is 2.34. The van der Waals surface area contributed by atoms with Gasteiger partial charge in [-0.1, -0.05) is 49.7 Å². The van der Waals surface area contributed by atoms with E-state index in [4.69, 9.17) is 0 Å². The lowest BCUT2D eigenvalue weighted by Crippen LogP contribution is -2.54. The normalized spacial score (nSPS) is 15.2. The van der Waals surface area contributed by atoms with Gasteiger partial charge >= 0.3 is 0 Å². The molecule has 176 valence electrons. The number of piperidine rings is 1. The maximum absolute atomic E-state index is 13.0. The molecule has 3 rings (SSSR count). The van der Waals surface area contributed by atoms with Crippen molar-refractivity contribution < 1.29 is 14.4 Å². The predicted molar refractivity (Wildman–Crippen MR) is 130 cm³/mol. The third-order valence-corrected chi connectivity index (χ3v) is 6.24. The number of likely N-dealkylation sites (tertiary alicyclic amines) is 1. The molecule has 6 heteroatoms. The molecule has 6 nitrogen and oxygen atoms in total. The third kappa shape index (κ3) is 6.44. The largest absolute Gasteiger partial charge is 0.354 e. The van der Waals surface area contributed by atoms with Crippen LogP contribution in [-0.4, -0.2) is 48.3 Å². The van der Waals surface area contributed by atoms with Crippen LogP contribution in [0, 0.1) is 25.7 Å². The van der Waals surface area contributed by atoms with E-state index in [1.807, 2.05) is 69.0 Å². The van der Waals surface area contributed by atoms with Crippen LogP contribution in [0.1, 0.15) is 58.5 Å². The number of nitrogens with one attached hydrogen (secondary N) is 2. The van der Waals surface area contributed by atoms with Gasteiger partial charge in [-0.15, -0.1) is 0 Å². The molecule has 1 fully saturated rings. The van der Waals surface area contributed by atoms with Crippen LogP contribution in [0.5, 0.6) is 0 Å². The standard InChI is InChI=1S/C27H35N3O3/c1-18(2)17-28-26(32)24(29-25(31)22-11-9-19(3)10-12-22)21-13-15-30(16-14-21)27(33)23-8-6-5-7-20(23)4/h5-12,18,21,24H,13-17H2,1-4H3,(H,28,32)(H,29,31)/t24-/m1/s1. The van der Waals surface area contributed by atoms with E-state index >= 15 is 0 Å². The Labute approximate surface area is 196 Å². The molecule has 1 aliphatic heterocycles. The Kier molecular flexibility index (Phi) is 8.26. The first-order valence-electron chi connectivity index (χ1n) is 11.8. The summed E-state index contributed by atoms with van der Waals surface area (Å²) >= 11 is 0. The van der Waals surface area contributed by atoms with E-state index in [-0.39, 0.29) is 23.6 Å². The highest BCUT2D eigenvalue weighted by Crippen LogP contribution is 2.24. The molecule has 0 radical (unpaired) electrons. The van der Waals surface area contributed by atoms with Crippen LogP contribution in [-0.2, 0) is 4.79 Å². The van der Waals surface area contributed by atoms with E-state index in [1.165, 1.54) is 0 Å². The van der Waals surface area contributed by atoms with Crippen LogP contribution in [0.15, 0.2) is 48.5 Å². The van der Waals surface area contributed by atoms with Gasteiger partial charge in [0.1, 0.15) is 6.04 Å². The van der Waals surface area contributed by atoms with Crippen molar-refractivity contribution in [3.63, 3.8) is 0 Å². The molecule has 0 aliphatic carbocycles. The molecule has 2 aromatic rings. The number of hydrogen-bond donors (Lipinski definition) is 2. The number of carbonyl (C=O) groups excluding carboxylic acids is 3. The molecule has 0 spiro atoms. The Hall–Kier alpha value is -3.15. The van der Waals surface area contributed by atoms with Crippen molar-refractivity contribution in [2.24, 2.45) is 11.8 Å². The zero-order valence-electron chi connectivity index (χ0n) is 20.1. The van der Waals surface area contributed by atoms with Crippen LogP contribution in [0.2, 0.25) is 0 Å². The molecule has 1 aliphatic rings. The minimum Gasteiger partial charge on any atom is -0.354 e. The minimum atomic E-state index is -0.631. The van der Waals surface area contributed by atoms with Crippen LogP contribution >= 0.6 is 0 Å². The fourth-order valence-corrected chi connectivity index (χ4v) is 4.16. The lowest BCUT2D eigenvalue weighted by Gasteiger charge is -2.36. The molecular weight excluding hydrogens is 414 g/mol. The predicted octanol–water partition coefficient (Wildman–Crippen LogP) is 3.73. The van der Waals surface area contributed by atoms with Crippen molar-refractivity contribution in [3.8, 4) is 0 Å². The number of benzene rings is 2. The molecule has 2 aromatic carbocycles. The highest BCUT2D eigenvalue weighted by atomic mass is 16.2. The minimum absolute atomic E-state index is 0.0241. The number of amides is 3. The van der Waals surface area contributed by atoms with Gasteiger partial charge in [0.2, 0.25) is 5.91 Å². The van der Waals surface area contributed by atoms with Gasteiger partial charge < -0.3 is 15.5 Å². The Balaban J connectivity index is 1.69. The molecule has 0 bridgehead atoms. The molecule has 0 saturated carbocycles. The summed E-state index contributed by atoms with van der Waals surface area (Å²) in [6, 6.07) is 14.3. The number of nitrogens with zero attached hydrogens (tertiary/aromatic N) is 1. The molecular formula is C27H35N3O3. The Morgan fingerprint density at radius 3 is 2.21 bits per heavy atom. The fraction of sp³-hybridized carbons (Fsp3) is 0.444. The molecule has 1 saturated heterocycles. The van der Waals surface area contributed by atoms with Crippen molar-refractivity contribution >= 4 is 17.7 Å². The number of aryl methyl sites for hydroxylation is 2. The van der Waals surface area contributed by atoms with Crippen LogP contribution in [0.25, 0.3) is 0 Å². The SMILES string of the molecule is Cc1ccc(C(=O)N[C@@H](C(=O)NCC(C)C)C2CCN(C(=O)c3ccccc3C)CC2)cc1. The van der Waals surface area contributed by atoms with E-state index < -0.39 is 6.04 Å². The maximum atomic E-state index is 13.0.